The number of anilines is 1. The summed E-state index contributed by atoms with van der Waals surface area (Å²) in [5, 5.41) is 13.1. The van der Waals surface area contributed by atoms with Crippen molar-refractivity contribution in [2.45, 2.75) is 20.8 Å². The molecule has 120 valence electrons. The summed E-state index contributed by atoms with van der Waals surface area (Å²) in [7, 11) is 0. The molecule has 0 spiro atoms. The van der Waals surface area contributed by atoms with Crippen LogP contribution in [-0.2, 0) is 14.3 Å². The summed E-state index contributed by atoms with van der Waals surface area (Å²) in [4.78, 5) is 32.9. The number of ether oxygens (including phenoxy) is 2. The first-order valence-electron chi connectivity index (χ1n) is 6.66. The average molecular weight is 310 g/mol. The molecule has 1 aromatic rings. The number of benzene rings is 1. The molecule has 0 atom stereocenters. The van der Waals surface area contributed by atoms with Crippen LogP contribution in [0, 0.1) is 23.0 Å². The summed E-state index contributed by atoms with van der Waals surface area (Å²) < 4.78 is 9.66. The van der Waals surface area contributed by atoms with Gasteiger partial charge in [0, 0.05) is 12.1 Å². The first kappa shape index (κ1) is 17.4. The van der Waals surface area contributed by atoms with Crippen molar-refractivity contribution in [1.82, 2.24) is 0 Å². The van der Waals surface area contributed by atoms with Crippen molar-refractivity contribution in [1.29, 1.82) is 0 Å². The topological polar surface area (TPSA) is 108 Å². The van der Waals surface area contributed by atoms with E-state index in [1.165, 1.54) is 12.1 Å². The van der Waals surface area contributed by atoms with E-state index in [-0.39, 0.29) is 36.5 Å². The predicted molar refractivity (Wildman–Crippen MR) is 78.6 cm³/mol. The zero-order valence-electron chi connectivity index (χ0n) is 12.6. The van der Waals surface area contributed by atoms with Crippen molar-refractivity contribution in [3.05, 3.63) is 33.9 Å². The highest BCUT2D eigenvalue weighted by Gasteiger charge is 2.11. The molecule has 0 saturated heterocycles. The smallest absolute Gasteiger partial charge is 0.411 e. The van der Waals surface area contributed by atoms with Gasteiger partial charge in [-0.25, -0.2) is 4.79 Å². The molecule has 0 aliphatic heterocycles. The zero-order chi connectivity index (χ0) is 16.7. The van der Waals surface area contributed by atoms with Crippen molar-refractivity contribution in [2.75, 3.05) is 18.5 Å². The van der Waals surface area contributed by atoms with Gasteiger partial charge in [0.1, 0.15) is 13.2 Å². The molecule has 1 aromatic carbocycles. The van der Waals surface area contributed by atoms with Crippen LogP contribution >= 0.6 is 0 Å². The summed E-state index contributed by atoms with van der Waals surface area (Å²) in [5.41, 5.74) is 0.771. The van der Waals surface area contributed by atoms with Gasteiger partial charge in [-0.05, 0) is 18.6 Å². The van der Waals surface area contributed by atoms with Crippen LogP contribution in [0.5, 0.6) is 0 Å². The maximum atomic E-state index is 11.5. The lowest BCUT2D eigenvalue weighted by Crippen LogP contribution is -2.19. The highest BCUT2D eigenvalue weighted by Crippen LogP contribution is 2.20. The van der Waals surface area contributed by atoms with E-state index >= 15 is 0 Å². The van der Waals surface area contributed by atoms with Gasteiger partial charge >= 0.3 is 12.1 Å². The van der Waals surface area contributed by atoms with Gasteiger partial charge in [0.2, 0.25) is 0 Å². The normalized spacial score (nSPS) is 10.2. The molecule has 0 radical (unpaired) electrons. The van der Waals surface area contributed by atoms with E-state index in [0.29, 0.717) is 5.56 Å². The lowest BCUT2D eigenvalue weighted by molar-refractivity contribution is -0.384. The minimum absolute atomic E-state index is 0.0433. The van der Waals surface area contributed by atoms with Crippen LogP contribution < -0.4 is 5.32 Å². The van der Waals surface area contributed by atoms with Gasteiger partial charge in [0.05, 0.1) is 16.5 Å². The van der Waals surface area contributed by atoms with Crippen LogP contribution in [0.25, 0.3) is 0 Å². The molecular weight excluding hydrogens is 292 g/mol. The molecule has 22 heavy (non-hydrogen) atoms. The number of carbonyl (C=O) groups excluding carboxylic acids is 2. The monoisotopic (exact) mass is 310 g/mol. The van der Waals surface area contributed by atoms with Crippen LogP contribution in [0.15, 0.2) is 18.2 Å². The van der Waals surface area contributed by atoms with Crippen molar-refractivity contribution in [2.24, 2.45) is 5.92 Å². The number of non-ortho nitro benzene ring substituents is 1. The summed E-state index contributed by atoms with van der Waals surface area (Å²) in [6.07, 6.45) is -0.777. The molecule has 1 rings (SSSR count). The van der Waals surface area contributed by atoms with Crippen LogP contribution in [-0.4, -0.2) is 30.2 Å². The molecule has 1 amide bonds. The molecule has 0 aromatic heterocycles. The second-order valence-corrected chi connectivity index (χ2v) is 4.90. The number of amides is 1. The highest BCUT2D eigenvalue weighted by atomic mass is 16.6. The fraction of sp³-hybridized carbons (Fsp3) is 0.429. The Kier molecular flexibility index (Phi) is 6.30. The Morgan fingerprint density at radius 1 is 1.23 bits per heavy atom. The summed E-state index contributed by atoms with van der Waals surface area (Å²) >= 11 is 0. The summed E-state index contributed by atoms with van der Waals surface area (Å²) in [6, 6.07) is 4.20. The second kappa shape index (κ2) is 7.96. The van der Waals surface area contributed by atoms with Gasteiger partial charge in [-0.1, -0.05) is 13.8 Å². The van der Waals surface area contributed by atoms with Crippen molar-refractivity contribution in [3.63, 3.8) is 0 Å². The number of hydrogen-bond donors (Lipinski definition) is 1. The van der Waals surface area contributed by atoms with Gasteiger partial charge in [0.15, 0.2) is 0 Å². The van der Waals surface area contributed by atoms with Gasteiger partial charge in [-0.3, -0.25) is 20.2 Å². The quantitative estimate of drug-likeness (QED) is 0.374. The summed E-state index contributed by atoms with van der Waals surface area (Å²) in [5.74, 6) is -0.625. The third kappa shape index (κ3) is 5.78. The van der Waals surface area contributed by atoms with E-state index in [4.69, 9.17) is 9.47 Å². The van der Waals surface area contributed by atoms with Gasteiger partial charge < -0.3 is 9.47 Å². The van der Waals surface area contributed by atoms with Crippen molar-refractivity contribution < 1.29 is 24.0 Å². The Bertz CT molecular complexity index is 570. The number of nitro benzene ring substituents is 1. The molecular formula is C14H18N2O6. The first-order chi connectivity index (χ1) is 10.3. The fourth-order valence-corrected chi connectivity index (χ4v) is 1.54. The van der Waals surface area contributed by atoms with Gasteiger partial charge in [-0.15, -0.1) is 0 Å². The number of hydrogen-bond acceptors (Lipinski definition) is 6. The number of carbonyl (C=O) groups is 2. The Hall–Kier alpha value is -2.64. The molecule has 0 bridgehead atoms. The highest BCUT2D eigenvalue weighted by molar-refractivity contribution is 5.85. The molecule has 0 saturated carbocycles. The van der Waals surface area contributed by atoms with Crippen LogP contribution in [0.4, 0.5) is 16.2 Å². The largest absolute Gasteiger partial charge is 0.462 e. The third-order valence-corrected chi connectivity index (χ3v) is 2.55. The molecule has 0 aliphatic carbocycles. The van der Waals surface area contributed by atoms with Crippen molar-refractivity contribution >= 4 is 23.4 Å². The number of nitrogens with zero attached hydrogens (tertiary/aromatic N) is 1. The maximum absolute atomic E-state index is 11.5. The molecule has 0 aliphatic rings. The zero-order valence-corrected chi connectivity index (χ0v) is 12.6. The minimum atomic E-state index is -0.777. The lowest BCUT2D eigenvalue weighted by Gasteiger charge is -2.09. The van der Waals surface area contributed by atoms with E-state index < -0.39 is 11.0 Å². The first-order valence-corrected chi connectivity index (χ1v) is 6.66. The molecule has 0 heterocycles. The Labute approximate surface area is 127 Å². The number of esters is 1. The maximum Gasteiger partial charge on any atom is 0.411 e. The SMILES string of the molecule is Cc1cc(NC(=O)OCCOC(=O)C(C)C)cc([N+](=O)[O-])c1. The predicted octanol–water partition coefficient (Wildman–Crippen LogP) is 2.65. The van der Waals surface area contributed by atoms with E-state index in [1.54, 1.807) is 26.8 Å². The Balaban J connectivity index is 2.45. The summed E-state index contributed by atoms with van der Waals surface area (Å²) in [6.45, 7) is 4.92. The Morgan fingerprint density at radius 2 is 1.86 bits per heavy atom. The van der Waals surface area contributed by atoms with Crippen LogP contribution in [0.3, 0.4) is 0 Å². The minimum Gasteiger partial charge on any atom is -0.462 e. The van der Waals surface area contributed by atoms with E-state index in [0.717, 1.165) is 0 Å². The number of aryl methyl sites for hydroxylation is 1. The molecule has 8 nitrogen and oxygen atoms in total. The Morgan fingerprint density at radius 3 is 2.45 bits per heavy atom. The number of nitro groups is 1. The second-order valence-electron chi connectivity index (χ2n) is 4.90. The molecule has 0 unspecified atom stereocenters. The molecule has 1 N–H and O–H groups in total. The van der Waals surface area contributed by atoms with E-state index in [2.05, 4.69) is 5.32 Å². The van der Waals surface area contributed by atoms with Gasteiger partial charge in [0.25, 0.3) is 5.69 Å². The van der Waals surface area contributed by atoms with Crippen LogP contribution in [0.1, 0.15) is 19.4 Å². The van der Waals surface area contributed by atoms with E-state index in [1.807, 2.05) is 0 Å². The molecule has 0 fully saturated rings. The van der Waals surface area contributed by atoms with Crippen LogP contribution in [0.2, 0.25) is 0 Å². The number of rotatable bonds is 6. The lowest BCUT2D eigenvalue weighted by atomic mass is 10.2. The standard InChI is InChI=1S/C14H18N2O6/c1-9(2)13(17)21-4-5-22-14(18)15-11-6-10(3)7-12(8-11)16(19)20/h6-9H,4-5H2,1-3H3,(H,15,18). The fourth-order valence-electron chi connectivity index (χ4n) is 1.54. The average Bonchev–Trinajstić information content (AvgIpc) is 2.42. The third-order valence-electron chi connectivity index (χ3n) is 2.55. The van der Waals surface area contributed by atoms with E-state index in [9.17, 15) is 19.7 Å². The van der Waals surface area contributed by atoms with Gasteiger partial charge in [-0.2, -0.15) is 0 Å². The molecule has 8 heteroatoms. The number of nitrogens with one attached hydrogen (secondary N) is 1. The van der Waals surface area contributed by atoms with Crippen molar-refractivity contribution in [3.8, 4) is 0 Å².